The predicted octanol–water partition coefficient (Wildman–Crippen LogP) is 4.06. The van der Waals surface area contributed by atoms with Crippen LogP contribution in [0, 0.1) is 11.8 Å². The van der Waals surface area contributed by atoms with Crippen LogP contribution in [0.1, 0.15) is 18.0 Å². The zero-order valence-corrected chi connectivity index (χ0v) is 21.1. The Morgan fingerprint density at radius 1 is 0.757 bits per heavy atom. The number of benzene rings is 2. The molecule has 2 saturated heterocycles. The normalized spacial score (nSPS) is 25.1. The first-order valence-corrected chi connectivity index (χ1v) is 12.5. The molecule has 4 heterocycles. The maximum absolute atomic E-state index is 13.9. The monoisotopic (exact) mass is 534 g/mol. The number of halogens is 2. The molecule has 10 heteroatoms. The topological polar surface area (TPSA) is 90.9 Å². The Hall–Kier alpha value is -3.75. The zero-order valence-electron chi connectivity index (χ0n) is 19.5. The van der Waals surface area contributed by atoms with Gasteiger partial charge in [-0.3, -0.25) is 29.1 Å². The lowest BCUT2D eigenvalue weighted by Crippen LogP contribution is -2.50. The van der Waals surface area contributed by atoms with E-state index in [2.05, 4.69) is 4.98 Å². The van der Waals surface area contributed by atoms with Gasteiger partial charge in [-0.25, -0.2) is 4.90 Å². The van der Waals surface area contributed by atoms with Crippen LogP contribution in [0.15, 0.2) is 66.9 Å². The Kier molecular flexibility index (Phi) is 5.54. The minimum atomic E-state index is -0.900. The van der Waals surface area contributed by atoms with Crippen molar-refractivity contribution in [2.24, 2.45) is 11.8 Å². The molecule has 1 aromatic heterocycles. The maximum Gasteiger partial charge on any atom is 0.257 e. The summed E-state index contributed by atoms with van der Waals surface area (Å²) in [5, 5.41) is 0.956. The molecule has 0 bridgehead atoms. The molecule has 37 heavy (non-hydrogen) atoms. The number of likely N-dealkylation sites (N-methyl/N-ethyl adjacent to an activating group) is 1. The SMILES string of the molecule is CN1c2cccnc2[C@@H](C2CC(=O)N(c3ccc(Cl)cc3)C2=O)[C@@H]2C(=O)N(c3ccc(Cl)cc3)C(=O)[C@@H]21. The summed E-state index contributed by atoms with van der Waals surface area (Å²) in [6, 6.07) is 15.6. The van der Waals surface area contributed by atoms with Gasteiger partial charge in [0, 0.05) is 35.6 Å². The second-order valence-electron chi connectivity index (χ2n) is 9.36. The fourth-order valence-corrected chi connectivity index (χ4v) is 6.05. The Labute approximate surface area is 222 Å². The second kappa shape index (κ2) is 8.68. The highest BCUT2D eigenvalue weighted by atomic mass is 35.5. The minimum absolute atomic E-state index is 0.0997. The van der Waals surface area contributed by atoms with Gasteiger partial charge in [-0.2, -0.15) is 0 Å². The van der Waals surface area contributed by atoms with Gasteiger partial charge in [0.05, 0.1) is 34.6 Å². The molecule has 3 aliphatic rings. The fourth-order valence-electron chi connectivity index (χ4n) is 5.80. The van der Waals surface area contributed by atoms with Crippen molar-refractivity contribution in [3.05, 3.63) is 82.6 Å². The molecule has 2 fully saturated rings. The van der Waals surface area contributed by atoms with Crippen LogP contribution in [0.5, 0.6) is 0 Å². The number of rotatable bonds is 3. The molecule has 0 spiro atoms. The molecular formula is C27H20Cl2N4O4. The summed E-state index contributed by atoms with van der Waals surface area (Å²) in [4.78, 5) is 63.1. The van der Waals surface area contributed by atoms with Crippen LogP contribution in [0.3, 0.4) is 0 Å². The van der Waals surface area contributed by atoms with E-state index in [0.29, 0.717) is 32.8 Å². The van der Waals surface area contributed by atoms with Gasteiger partial charge < -0.3 is 4.90 Å². The Bertz CT molecular complexity index is 1460. The highest BCUT2D eigenvalue weighted by Crippen LogP contribution is 2.51. The number of carbonyl (C=O) groups excluding carboxylic acids is 4. The lowest BCUT2D eigenvalue weighted by molar-refractivity contribution is -0.124. The highest BCUT2D eigenvalue weighted by Gasteiger charge is 2.61. The van der Waals surface area contributed by atoms with Crippen LogP contribution in [0.2, 0.25) is 10.0 Å². The summed E-state index contributed by atoms with van der Waals surface area (Å²) >= 11 is 12.0. The van der Waals surface area contributed by atoms with Crippen LogP contribution >= 0.6 is 23.2 Å². The van der Waals surface area contributed by atoms with Crippen molar-refractivity contribution >= 4 is 63.9 Å². The quantitative estimate of drug-likeness (QED) is 0.470. The van der Waals surface area contributed by atoms with Crippen molar-refractivity contribution in [3.63, 3.8) is 0 Å². The molecule has 4 atom stereocenters. The van der Waals surface area contributed by atoms with E-state index >= 15 is 0 Å². The number of carbonyl (C=O) groups is 4. The molecule has 0 radical (unpaired) electrons. The number of nitrogens with zero attached hydrogens (tertiary/aromatic N) is 4. The van der Waals surface area contributed by atoms with Crippen molar-refractivity contribution < 1.29 is 19.2 Å². The number of pyridine rings is 1. The smallest absolute Gasteiger partial charge is 0.257 e. The molecular weight excluding hydrogens is 515 g/mol. The van der Waals surface area contributed by atoms with Crippen molar-refractivity contribution in [2.45, 2.75) is 18.4 Å². The van der Waals surface area contributed by atoms with Crippen LogP contribution in [0.4, 0.5) is 17.1 Å². The van der Waals surface area contributed by atoms with E-state index in [1.165, 1.54) is 0 Å². The summed E-state index contributed by atoms with van der Waals surface area (Å²) in [7, 11) is 1.74. The maximum atomic E-state index is 13.9. The molecule has 8 nitrogen and oxygen atoms in total. The molecule has 3 aliphatic heterocycles. The summed E-state index contributed by atoms with van der Waals surface area (Å²) in [5.41, 5.74) is 1.98. The van der Waals surface area contributed by atoms with Crippen molar-refractivity contribution in [1.82, 2.24) is 4.98 Å². The summed E-state index contributed by atoms with van der Waals surface area (Å²) in [5.74, 6) is -4.16. The molecule has 0 saturated carbocycles. The molecule has 0 N–H and O–H groups in total. The van der Waals surface area contributed by atoms with Crippen LogP contribution < -0.4 is 14.7 Å². The summed E-state index contributed by atoms with van der Waals surface area (Å²) in [6.45, 7) is 0. The first-order valence-electron chi connectivity index (χ1n) is 11.7. The van der Waals surface area contributed by atoms with Gasteiger partial charge >= 0.3 is 0 Å². The lowest BCUT2D eigenvalue weighted by Gasteiger charge is -2.40. The van der Waals surface area contributed by atoms with Gasteiger partial charge in [0.2, 0.25) is 17.7 Å². The van der Waals surface area contributed by atoms with E-state index in [9.17, 15) is 19.2 Å². The molecule has 1 unspecified atom stereocenters. The average Bonchev–Trinajstić information content (AvgIpc) is 3.32. The molecule has 6 rings (SSSR count). The van der Waals surface area contributed by atoms with E-state index in [0.717, 1.165) is 9.80 Å². The van der Waals surface area contributed by atoms with E-state index in [1.54, 1.807) is 72.7 Å². The lowest BCUT2D eigenvalue weighted by atomic mass is 9.72. The molecule has 0 aliphatic carbocycles. The highest BCUT2D eigenvalue weighted by molar-refractivity contribution is 6.31. The van der Waals surface area contributed by atoms with Crippen LogP contribution in [0.25, 0.3) is 0 Å². The molecule has 186 valence electrons. The standard InChI is InChI=1S/C27H20Cl2N4O4/c1-31-19-3-2-12-30-23(19)21(18-13-20(34)32(25(18)35)16-8-4-14(28)5-9-16)22-24(31)27(37)33(26(22)36)17-10-6-15(29)7-11-17/h2-12,18,21-22,24H,13H2,1H3/t18?,21-,22-,24+/m0/s1. The average molecular weight is 535 g/mol. The van der Waals surface area contributed by atoms with Gasteiger partial charge in [-0.1, -0.05) is 23.2 Å². The number of hydrogen-bond donors (Lipinski definition) is 0. The third-order valence-electron chi connectivity index (χ3n) is 7.42. The number of imide groups is 2. The Morgan fingerprint density at radius 3 is 1.97 bits per heavy atom. The van der Waals surface area contributed by atoms with E-state index < -0.39 is 41.5 Å². The summed E-state index contributed by atoms with van der Waals surface area (Å²) < 4.78 is 0. The van der Waals surface area contributed by atoms with Crippen LogP contribution in [-0.2, 0) is 19.2 Å². The minimum Gasteiger partial charge on any atom is -0.360 e. The van der Waals surface area contributed by atoms with Crippen LogP contribution in [-0.4, -0.2) is 41.7 Å². The van der Waals surface area contributed by atoms with Crippen molar-refractivity contribution in [1.29, 1.82) is 0 Å². The number of fused-ring (bicyclic) bond motifs is 2. The fraction of sp³-hybridized carbons (Fsp3) is 0.222. The van der Waals surface area contributed by atoms with E-state index in [1.807, 2.05) is 6.07 Å². The number of anilines is 3. The van der Waals surface area contributed by atoms with E-state index in [4.69, 9.17) is 23.2 Å². The Morgan fingerprint density at radius 2 is 1.35 bits per heavy atom. The third-order valence-corrected chi connectivity index (χ3v) is 7.92. The molecule has 2 aromatic carbocycles. The summed E-state index contributed by atoms with van der Waals surface area (Å²) in [6.07, 6.45) is 1.49. The van der Waals surface area contributed by atoms with Gasteiger partial charge in [-0.15, -0.1) is 0 Å². The number of aromatic nitrogens is 1. The zero-order chi connectivity index (χ0) is 26.0. The molecule has 3 aromatic rings. The van der Waals surface area contributed by atoms with Gasteiger partial charge in [-0.05, 0) is 60.7 Å². The third kappa shape index (κ3) is 3.54. The Balaban J connectivity index is 1.45. The van der Waals surface area contributed by atoms with Gasteiger partial charge in [0.15, 0.2) is 0 Å². The number of amides is 4. The number of hydrogen-bond acceptors (Lipinski definition) is 6. The second-order valence-corrected chi connectivity index (χ2v) is 10.2. The van der Waals surface area contributed by atoms with E-state index in [-0.39, 0.29) is 12.3 Å². The van der Waals surface area contributed by atoms with Crippen molar-refractivity contribution in [3.8, 4) is 0 Å². The largest absolute Gasteiger partial charge is 0.360 e. The van der Waals surface area contributed by atoms with Gasteiger partial charge in [0.25, 0.3) is 5.91 Å². The first kappa shape index (κ1) is 23.6. The predicted molar refractivity (Wildman–Crippen MR) is 139 cm³/mol. The molecule has 4 amide bonds. The first-order chi connectivity index (χ1) is 17.8. The van der Waals surface area contributed by atoms with Crippen molar-refractivity contribution in [2.75, 3.05) is 21.7 Å². The van der Waals surface area contributed by atoms with Gasteiger partial charge in [0.1, 0.15) is 6.04 Å².